The fourth-order valence-corrected chi connectivity index (χ4v) is 4.59. The molecule has 1 aromatic carbocycles. The SMILES string of the molecule is CCNCC(=O)OC1(COc2ccc(-n3cnn4cc(-c5ncc(Cl)cn5)cc4c3=O)cc2OC)CC(F)(F)C1. The molecule has 1 saturated carbocycles. The van der Waals surface area contributed by atoms with Crippen molar-refractivity contribution in [3.05, 3.63) is 64.6 Å². The van der Waals surface area contributed by atoms with Gasteiger partial charge in [0.15, 0.2) is 22.9 Å². The molecule has 14 heteroatoms. The number of fused-ring (bicyclic) bond motifs is 1. The first-order valence-electron chi connectivity index (χ1n) is 12.3. The zero-order valence-electron chi connectivity index (χ0n) is 21.6. The van der Waals surface area contributed by atoms with E-state index in [-0.39, 0.29) is 35.7 Å². The van der Waals surface area contributed by atoms with Gasteiger partial charge in [0.25, 0.3) is 11.5 Å². The highest BCUT2D eigenvalue weighted by Crippen LogP contribution is 2.48. The van der Waals surface area contributed by atoms with Crippen LogP contribution in [0.3, 0.4) is 0 Å². The van der Waals surface area contributed by atoms with Crippen molar-refractivity contribution in [2.45, 2.75) is 31.3 Å². The number of benzene rings is 1. The molecule has 1 aliphatic rings. The Morgan fingerprint density at radius 1 is 1.18 bits per heavy atom. The Labute approximate surface area is 231 Å². The number of likely N-dealkylation sites (N-methyl/N-ethyl adjacent to an activating group) is 1. The lowest BCUT2D eigenvalue weighted by Gasteiger charge is -2.45. The minimum Gasteiger partial charge on any atom is -0.493 e. The first kappa shape index (κ1) is 27.5. The van der Waals surface area contributed by atoms with Gasteiger partial charge in [-0.1, -0.05) is 18.5 Å². The number of nitrogens with one attached hydrogen (secondary N) is 1. The molecular formula is C26H25ClF2N6O5. The van der Waals surface area contributed by atoms with Crippen LogP contribution in [-0.4, -0.2) is 68.4 Å². The van der Waals surface area contributed by atoms with Crippen LogP contribution in [0.15, 0.2) is 54.0 Å². The quantitative estimate of drug-likeness (QED) is 0.284. The van der Waals surface area contributed by atoms with E-state index in [2.05, 4.69) is 20.4 Å². The fourth-order valence-electron chi connectivity index (χ4n) is 4.49. The second-order valence-electron chi connectivity index (χ2n) is 9.36. The first-order valence-corrected chi connectivity index (χ1v) is 12.7. The summed E-state index contributed by atoms with van der Waals surface area (Å²) in [5.74, 6) is -2.72. The highest BCUT2D eigenvalue weighted by atomic mass is 35.5. The van der Waals surface area contributed by atoms with Crippen LogP contribution in [0.5, 0.6) is 11.5 Å². The molecule has 0 aliphatic heterocycles. The average Bonchev–Trinajstić information content (AvgIpc) is 3.35. The summed E-state index contributed by atoms with van der Waals surface area (Å²) in [6.45, 7) is 1.97. The lowest BCUT2D eigenvalue weighted by Crippen LogP contribution is -2.58. The summed E-state index contributed by atoms with van der Waals surface area (Å²) in [4.78, 5) is 33.8. The Balaban J connectivity index is 1.37. The molecule has 0 radical (unpaired) electrons. The van der Waals surface area contributed by atoms with Gasteiger partial charge in [-0.05, 0) is 24.7 Å². The zero-order chi connectivity index (χ0) is 28.5. The second kappa shape index (κ2) is 10.8. The molecule has 3 heterocycles. The van der Waals surface area contributed by atoms with E-state index >= 15 is 0 Å². The molecule has 210 valence electrons. The Morgan fingerprint density at radius 3 is 2.60 bits per heavy atom. The van der Waals surface area contributed by atoms with Gasteiger partial charge < -0.3 is 19.5 Å². The Bertz CT molecular complexity index is 1600. The molecule has 0 amide bonds. The lowest BCUT2D eigenvalue weighted by molar-refractivity contribution is -0.233. The van der Waals surface area contributed by atoms with Gasteiger partial charge in [0, 0.05) is 30.2 Å². The second-order valence-corrected chi connectivity index (χ2v) is 9.80. The largest absolute Gasteiger partial charge is 0.493 e. The van der Waals surface area contributed by atoms with E-state index in [0.29, 0.717) is 28.6 Å². The maximum Gasteiger partial charge on any atom is 0.320 e. The number of esters is 1. The third-order valence-electron chi connectivity index (χ3n) is 6.34. The Kier molecular flexibility index (Phi) is 7.43. The van der Waals surface area contributed by atoms with E-state index in [1.807, 2.05) is 6.92 Å². The van der Waals surface area contributed by atoms with Gasteiger partial charge >= 0.3 is 5.97 Å². The van der Waals surface area contributed by atoms with Crippen molar-refractivity contribution in [3.63, 3.8) is 0 Å². The molecule has 0 bridgehead atoms. The van der Waals surface area contributed by atoms with Crippen molar-refractivity contribution in [3.8, 4) is 28.6 Å². The first-order chi connectivity index (χ1) is 19.1. The molecule has 3 aromatic heterocycles. The zero-order valence-corrected chi connectivity index (χ0v) is 22.3. The number of alkyl halides is 2. The third kappa shape index (κ3) is 5.61. The van der Waals surface area contributed by atoms with Gasteiger partial charge in [-0.3, -0.25) is 14.2 Å². The van der Waals surface area contributed by atoms with Crippen LogP contribution in [-0.2, 0) is 9.53 Å². The predicted octanol–water partition coefficient (Wildman–Crippen LogP) is 3.30. The highest BCUT2D eigenvalue weighted by molar-refractivity contribution is 6.30. The van der Waals surface area contributed by atoms with Crippen LogP contribution in [0.25, 0.3) is 22.6 Å². The van der Waals surface area contributed by atoms with Crippen LogP contribution in [0, 0.1) is 0 Å². The summed E-state index contributed by atoms with van der Waals surface area (Å²) in [6.07, 6.45) is 4.62. The molecule has 0 atom stereocenters. The topological polar surface area (TPSA) is 122 Å². The van der Waals surface area contributed by atoms with E-state index < -0.39 is 30.3 Å². The summed E-state index contributed by atoms with van der Waals surface area (Å²) in [6, 6.07) is 6.32. The summed E-state index contributed by atoms with van der Waals surface area (Å²) in [7, 11) is 1.41. The van der Waals surface area contributed by atoms with Crippen molar-refractivity contribution < 1.29 is 27.8 Å². The van der Waals surface area contributed by atoms with E-state index in [4.69, 9.17) is 25.8 Å². The average molecular weight is 575 g/mol. The van der Waals surface area contributed by atoms with Gasteiger partial charge in [0.2, 0.25) is 0 Å². The number of rotatable bonds is 10. The molecule has 0 saturated heterocycles. The fraction of sp³-hybridized carbons (Fsp3) is 0.346. The number of ether oxygens (including phenoxy) is 3. The van der Waals surface area contributed by atoms with Crippen molar-refractivity contribution in [1.82, 2.24) is 29.5 Å². The number of hydrogen-bond acceptors (Lipinski definition) is 9. The number of methoxy groups -OCH3 is 1. The summed E-state index contributed by atoms with van der Waals surface area (Å²) < 4.78 is 46.9. The molecule has 5 rings (SSSR count). The van der Waals surface area contributed by atoms with Crippen molar-refractivity contribution in [1.29, 1.82) is 0 Å². The van der Waals surface area contributed by atoms with Crippen molar-refractivity contribution >= 4 is 23.1 Å². The standard InChI is InChI=1S/C26H25ClF2N6O5/c1-3-30-10-22(36)40-25(12-26(28,29)13-25)14-39-20-5-4-18(7-21(20)38-2)34-15-33-35-11-16(6-19(35)24(34)37)23-31-8-17(27)9-32-23/h4-9,11,15,30H,3,10,12-14H2,1-2H3. The molecule has 4 aromatic rings. The van der Waals surface area contributed by atoms with Gasteiger partial charge in [0.1, 0.15) is 18.5 Å². The number of hydrogen-bond donors (Lipinski definition) is 1. The van der Waals surface area contributed by atoms with Gasteiger partial charge in [0.05, 0.1) is 37.2 Å². The number of halogens is 3. The van der Waals surface area contributed by atoms with Crippen molar-refractivity contribution in [2.75, 3.05) is 26.8 Å². The van der Waals surface area contributed by atoms with E-state index in [1.54, 1.807) is 30.5 Å². The highest BCUT2D eigenvalue weighted by Gasteiger charge is 2.60. The van der Waals surface area contributed by atoms with E-state index in [1.165, 1.54) is 34.9 Å². The summed E-state index contributed by atoms with van der Waals surface area (Å²) in [5, 5.41) is 7.51. The summed E-state index contributed by atoms with van der Waals surface area (Å²) in [5.41, 5.74) is -0.526. The molecule has 40 heavy (non-hydrogen) atoms. The van der Waals surface area contributed by atoms with Crippen LogP contribution < -0.4 is 20.3 Å². The van der Waals surface area contributed by atoms with Gasteiger partial charge in [-0.15, -0.1) is 0 Å². The minimum absolute atomic E-state index is 0.0924. The molecule has 1 aliphatic carbocycles. The normalized spacial score (nSPS) is 15.4. The molecule has 0 spiro atoms. The van der Waals surface area contributed by atoms with E-state index in [0.717, 1.165) is 0 Å². The number of carbonyl (C=O) groups excluding carboxylic acids is 1. The molecule has 11 nitrogen and oxygen atoms in total. The van der Waals surface area contributed by atoms with Crippen LogP contribution in [0.2, 0.25) is 5.02 Å². The van der Waals surface area contributed by atoms with Gasteiger partial charge in [-0.25, -0.2) is 23.3 Å². The molecular weight excluding hydrogens is 550 g/mol. The maximum atomic E-state index is 13.8. The Hall–Kier alpha value is -4.10. The number of carbonyl (C=O) groups is 1. The van der Waals surface area contributed by atoms with Crippen LogP contribution >= 0.6 is 11.6 Å². The number of aromatic nitrogens is 5. The molecule has 1 N–H and O–H groups in total. The maximum absolute atomic E-state index is 13.8. The van der Waals surface area contributed by atoms with Crippen LogP contribution in [0.4, 0.5) is 8.78 Å². The Morgan fingerprint density at radius 2 is 1.93 bits per heavy atom. The smallest absolute Gasteiger partial charge is 0.320 e. The third-order valence-corrected chi connectivity index (χ3v) is 6.53. The lowest BCUT2D eigenvalue weighted by atomic mass is 9.77. The van der Waals surface area contributed by atoms with Crippen LogP contribution in [0.1, 0.15) is 19.8 Å². The van der Waals surface area contributed by atoms with Gasteiger partial charge in [-0.2, -0.15) is 5.10 Å². The van der Waals surface area contributed by atoms with Crippen molar-refractivity contribution in [2.24, 2.45) is 0 Å². The molecule has 1 fully saturated rings. The minimum atomic E-state index is -2.94. The monoisotopic (exact) mass is 574 g/mol. The van der Waals surface area contributed by atoms with E-state index in [9.17, 15) is 18.4 Å². The summed E-state index contributed by atoms with van der Waals surface area (Å²) >= 11 is 5.86. The molecule has 0 unspecified atom stereocenters. The number of nitrogens with zero attached hydrogens (tertiary/aromatic N) is 5. The predicted molar refractivity (Wildman–Crippen MR) is 140 cm³/mol.